The van der Waals surface area contributed by atoms with E-state index in [4.69, 9.17) is 0 Å². The second-order valence-electron chi connectivity index (χ2n) is 5.48. The van der Waals surface area contributed by atoms with Crippen molar-refractivity contribution in [2.24, 2.45) is 0 Å². The second kappa shape index (κ2) is 6.66. The Hall–Kier alpha value is -1.27. The summed E-state index contributed by atoms with van der Waals surface area (Å²) < 4.78 is 24.8. The Morgan fingerprint density at radius 3 is 2.81 bits per heavy atom. The van der Waals surface area contributed by atoms with Crippen LogP contribution in [0.25, 0.3) is 0 Å². The number of nitrogens with zero attached hydrogens (tertiary/aromatic N) is 1. The van der Waals surface area contributed by atoms with Crippen molar-refractivity contribution in [3.05, 3.63) is 35.6 Å². The van der Waals surface area contributed by atoms with Gasteiger partial charge in [0.25, 0.3) is 0 Å². The van der Waals surface area contributed by atoms with Crippen LogP contribution in [0.4, 0.5) is 4.39 Å². The smallest absolute Gasteiger partial charge is 0.241 e. The number of carbonyl (C=O) groups is 1. The molecule has 4 atom stereocenters. The molecule has 4 nitrogen and oxygen atoms in total. The first kappa shape index (κ1) is 16.1. The maximum absolute atomic E-state index is 13.4. The van der Waals surface area contributed by atoms with E-state index in [-0.39, 0.29) is 29.2 Å². The first-order chi connectivity index (χ1) is 9.90. The molecular formula is C15H21FN2O2S. The van der Waals surface area contributed by atoms with E-state index in [1.54, 1.807) is 30.2 Å². The number of hydrogen-bond acceptors (Lipinski definition) is 3. The van der Waals surface area contributed by atoms with Gasteiger partial charge in [0.05, 0.1) is 6.04 Å². The highest BCUT2D eigenvalue weighted by atomic mass is 32.2. The highest BCUT2D eigenvalue weighted by Crippen LogP contribution is 2.26. The van der Waals surface area contributed by atoms with Gasteiger partial charge in [0.2, 0.25) is 5.91 Å². The molecule has 116 valence electrons. The maximum atomic E-state index is 13.4. The molecular weight excluding hydrogens is 291 g/mol. The van der Waals surface area contributed by atoms with Crippen molar-refractivity contribution in [3.63, 3.8) is 0 Å². The summed E-state index contributed by atoms with van der Waals surface area (Å²) in [6, 6.07) is 5.98. The molecule has 1 aromatic rings. The molecule has 1 aromatic carbocycles. The number of amides is 1. The quantitative estimate of drug-likeness (QED) is 0.902. The molecule has 1 aliphatic heterocycles. The predicted molar refractivity (Wildman–Crippen MR) is 81.6 cm³/mol. The van der Waals surface area contributed by atoms with Crippen LogP contribution < -0.4 is 5.32 Å². The van der Waals surface area contributed by atoms with Crippen molar-refractivity contribution in [2.45, 2.75) is 37.7 Å². The molecule has 2 rings (SSSR count). The Morgan fingerprint density at radius 1 is 1.48 bits per heavy atom. The van der Waals surface area contributed by atoms with Crippen LogP contribution in [0, 0.1) is 5.82 Å². The summed E-state index contributed by atoms with van der Waals surface area (Å²) in [4.78, 5) is 14.0. The van der Waals surface area contributed by atoms with E-state index in [0.717, 1.165) is 5.56 Å². The molecule has 0 spiro atoms. The normalized spacial score (nSPS) is 25.1. The summed E-state index contributed by atoms with van der Waals surface area (Å²) in [6.45, 7) is 4.22. The third-order valence-corrected chi connectivity index (χ3v) is 5.25. The van der Waals surface area contributed by atoms with Gasteiger partial charge in [-0.25, -0.2) is 4.39 Å². The minimum absolute atomic E-state index is 0.00153. The van der Waals surface area contributed by atoms with Gasteiger partial charge in [0.15, 0.2) is 0 Å². The van der Waals surface area contributed by atoms with Gasteiger partial charge in [-0.15, -0.1) is 0 Å². The monoisotopic (exact) mass is 312 g/mol. The van der Waals surface area contributed by atoms with Crippen LogP contribution in [-0.4, -0.2) is 39.1 Å². The van der Waals surface area contributed by atoms with Gasteiger partial charge in [-0.1, -0.05) is 19.1 Å². The molecule has 1 aliphatic rings. The fourth-order valence-electron chi connectivity index (χ4n) is 2.45. The molecule has 1 saturated heterocycles. The van der Waals surface area contributed by atoms with Gasteiger partial charge in [0.1, 0.15) is 12.0 Å². The lowest BCUT2D eigenvalue weighted by Gasteiger charge is -2.25. The summed E-state index contributed by atoms with van der Waals surface area (Å²) in [5.41, 5.74) is 0.734. The summed E-state index contributed by atoms with van der Waals surface area (Å²) in [6.07, 6.45) is 2.01. The van der Waals surface area contributed by atoms with Crippen LogP contribution in [-0.2, 0) is 15.6 Å². The van der Waals surface area contributed by atoms with E-state index in [1.165, 1.54) is 12.1 Å². The Bertz CT molecular complexity index is 552. The molecule has 0 aliphatic carbocycles. The lowest BCUT2D eigenvalue weighted by molar-refractivity contribution is -0.129. The van der Waals surface area contributed by atoms with Crippen molar-refractivity contribution in [2.75, 3.05) is 12.8 Å². The van der Waals surface area contributed by atoms with Crippen LogP contribution >= 0.6 is 0 Å². The largest absolute Gasteiger partial charge is 0.322 e. The fraction of sp³-hybridized carbons (Fsp3) is 0.533. The molecule has 0 saturated carbocycles. The fourth-order valence-corrected chi connectivity index (χ4v) is 2.89. The Labute approximate surface area is 127 Å². The number of nitrogens with one attached hydrogen (secondary N) is 1. The number of hydrogen-bond donors (Lipinski definition) is 1. The lowest BCUT2D eigenvalue weighted by Crippen LogP contribution is -2.33. The van der Waals surface area contributed by atoms with E-state index in [9.17, 15) is 13.4 Å². The average molecular weight is 312 g/mol. The van der Waals surface area contributed by atoms with Crippen molar-refractivity contribution in [1.82, 2.24) is 10.2 Å². The third kappa shape index (κ3) is 3.68. The van der Waals surface area contributed by atoms with Gasteiger partial charge < -0.3 is 4.90 Å². The second-order valence-corrected chi connectivity index (χ2v) is 7.28. The molecule has 0 radical (unpaired) electrons. The van der Waals surface area contributed by atoms with Gasteiger partial charge in [-0.05, 0) is 31.0 Å². The maximum Gasteiger partial charge on any atom is 0.241 e. The average Bonchev–Trinajstić information content (AvgIpc) is 2.72. The van der Waals surface area contributed by atoms with Crippen LogP contribution in [0.15, 0.2) is 24.3 Å². The van der Waals surface area contributed by atoms with Crippen molar-refractivity contribution in [3.8, 4) is 0 Å². The highest BCUT2D eigenvalue weighted by Gasteiger charge is 2.37. The first-order valence-electron chi connectivity index (χ1n) is 7.04. The topological polar surface area (TPSA) is 49.4 Å². The van der Waals surface area contributed by atoms with Crippen LogP contribution in [0.3, 0.4) is 0 Å². The number of rotatable bonds is 5. The SMILES string of the molecule is CC1NC(c2cccc(F)c2)N(CCC(C)S(C)=O)C1=O. The molecule has 1 N–H and O–H groups in total. The summed E-state index contributed by atoms with van der Waals surface area (Å²) >= 11 is 0. The Balaban J connectivity index is 2.15. The van der Waals surface area contributed by atoms with E-state index in [2.05, 4.69) is 5.32 Å². The van der Waals surface area contributed by atoms with Crippen molar-refractivity contribution < 1.29 is 13.4 Å². The molecule has 4 unspecified atom stereocenters. The van der Waals surface area contributed by atoms with Gasteiger partial charge >= 0.3 is 0 Å². The van der Waals surface area contributed by atoms with Crippen LogP contribution in [0.2, 0.25) is 0 Å². The zero-order valence-corrected chi connectivity index (χ0v) is 13.3. The summed E-state index contributed by atoms with van der Waals surface area (Å²) in [5.74, 6) is -0.317. The van der Waals surface area contributed by atoms with Crippen molar-refractivity contribution >= 4 is 16.7 Å². The zero-order valence-electron chi connectivity index (χ0n) is 12.5. The molecule has 0 aromatic heterocycles. The third-order valence-electron chi connectivity index (χ3n) is 3.88. The Kier molecular flexibility index (Phi) is 5.11. The highest BCUT2D eigenvalue weighted by molar-refractivity contribution is 7.84. The minimum Gasteiger partial charge on any atom is -0.322 e. The van der Waals surface area contributed by atoms with Gasteiger partial charge in [-0.2, -0.15) is 0 Å². The summed E-state index contributed by atoms with van der Waals surface area (Å²) in [5, 5.41) is 3.21. The summed E-state index contributed by atoms with van der Waals surface area (Å²) in [7, 11) is -0.908. The molecule has 0 bridgehead atoms. The van der Waals surface area contributed by atoms with E-state index >= 15 is 0 Å². The van der Waals surface area contributed by atoms with E-state index < -0.39 is 10.8 Å². The predicted octanol–water partition coefficient (Wildman–Crippen LogP) is 1.80. The standard InChI is InChI=1S/C15H21FN2O2S/c1-10(21(3)20)7-8-18-14(17-11(2)15(18)19)12-5-4-6-13(16)9-12/h4-6,9-11,14,17H,7-8H2,1-3H3. The van der Waals surface area contributed by atoms with Crippen molar-refractivity contribution in [1.29, 1.82) is 0 Å². The first-order valence-corrected chi connectivity index (χ1v) is 8.66. The van der Waals surface area contributed by atoms with Crippen LogP contribution in [0.5, 0.6) is 0 Å². The molecule has 6 heteroatoms. The van der Waals surface area contributed by atoms with E-state index in [0.29, 0.717) is 13.0 Å². The van der Waals surface area contributed by atoms with E-state index in [1.807, 2.05) is 6.92 Å². The number of benzene rings is 1. The lowest BCUT2D eigenvalue weighted by atomic mass is 10.1. The van der Waals surface area contributed by atoms with Gasteiger partial charge in [-0.3, -0.25) is 14.3 Å². The molecule has 1 heterocycles. The minimum atomic E-state index is -0.908. The van der Waals surface area contributed by atoms with Crippen LogP contribution in [0.1, 0.15) is 32.0 Å². The Morgan fingerprint density at radius 2 is 2.19 bits per heavy atom. The molecule has 1 fully saturated rings. The number of carbonyl (C=O) groups excluding carboxylic acids is 1. The van der Waals surface area contributed by atoms with Gasteiger partial charge in [0, 0.05) is 28.9 Å². The number of halogens is 1. The molecule has 1 amide bonds. The molecule has 21 heavy (non-hydrogen) atoms. The zero-order chi connectivity index (χ0) is 15.6.